The molecular formula is C16H17N3OS. The van der Waals surface area contributed by atoms with E-state index in [1.54, 1.807) is 0 Å². The van der Waals surface area contributed by atoms with Crippen molar-refractivity contribution in [2.75, 3.05) is 0 Å². The van der Waals surface area contributed by atoms with Crippen molar-refractivity contribution in [1.82, 2.24) is 10.2 Å². The number of rotatable bonds is 4. The third kappa shape index (κ3) is 4.89. The Hall–Kier alpha value is -2.40. The Kier molecular flexibility index (Phi) is 5.29. The van der Waals surface area contributed by atoms with E-state index in [4.69, 9.17) is 18.0 Å². The lowest BCUT2D eigenvalue weighted by atomic mass is 10.2. The number of nitrogens with zero attached hydrogens (tertiary/aromatic N) is 1. The molecule has 0 fully saturated rings. The van der Waals surface area contributed by atoms with E-state index in [-0.39, 0.29) is 0 Å². The zero-order valence-electron chi connectivity index (χ0n) is 11.5. The lowest BCUT2D eigenvalue weighted by Crippen LogP contribution is -2.44. The molecule has 0 saturated heterocycles. The number of urea groups is 1. The summed E-state index contributed by atoms with van der Waals surface area (Å²) >= 11 is 5.26. The average Bonchev–Trinajstić information content (AvgIpc) is 2.48. The minimum absolute atomic E-state index is 0.329. The number of carbonyl (C=O) groups excluding carboxylic acids is 1. The molecular weight excluding hydrogens is 282 g/mol. The molecule has 5 heteroatoms. The van der Waals surface area contributed by atoms with Crippen LogP contribution in [-0.2, 0) is 13.1 Å². The van der Waals surface area contributed by atoms with Gasteiger partial charge in [0.1, 0.15) is 0 Å². The lowest BCUT2D eigenvalue weighted by molar-refractivity contribution is 0.251. The molecule has 21 heavy (non-hydrogen) atoms. The van der Waals surface area contributed by atoms with Gasteiger partial charge in [-0.05, 0) is 23.3 Å². The van der Waals surface area contributed by atoms with Crippen LogP contribution in [0.15, 0.2) is 60.7 Å². The van der Waals surface area contributed by atoms with Crippen LogP contribution in [0.1, 0.15) is 11.1 Å². The van der Waals surface area contributed by atoms with Gasteiger partial charge >= 0.3 is 6.03 Å². The molecule has 2 aromatic carbocycles. The fraction of sp³-hybridized carbons (Fsp3) is 0.125. The number of primary amides is 1. The van der Waals surface area contributed by atoms with E-state index in [9.17, 15) is 4.79 Å². The Balaban J connectivity index is 2.13. The van der Waals surface area contributed by atoms with E-state index in [0.717, 1.165) is 11.1 Å². The summed E-state index contributed by atoms with van der Waals surface area (Å²) in [6, 6.07) is 19.2. The van der Waals surface area contributed by atoms with Crippen LogP contribution in [0.3, 0.4) is 0 Å². The second kappa shape index (κ2) is 7.40. The summed E-state index contributed by atoms with van der Waals surface area (Å²) in [6.07, 6.45) is 0. The summed E-state index contributed by atoms with van der Waals surface area (Å²) in [5.74, 6) is 0. The van der Waals surface area contributed by atoms with Crippen LogP contribution < -0.4 is 11.1 Å². The molecule has 2 aromatic rings. The highest BCUT2D eigenvalue weighted by Gasteiger charge is 2.12. The Morgan fingerprint density at radius 2 is 1.38 bits per heavy atom. The highest BCUT2D eigenvalue weighted by Crippen LogP contribution is 2.10. The van der Waals surface area contributed by atoms with Gasteiger partial charge in [-0.1, -0.05) is 60.7 Å². The second-order valence-corrected chi connectivity index (χ2v) is 5.01. The maximum absolute atomic E-state index is 11.0. The smallest absolute Gasteiger partial charge is 0.318 e. The van der Waals surface area contributed by atoms with Crippen LogP contribution in [0.5, 0.6) is 0 Å². The van der Waals surface area contributed by atoms with E-state index in [1.165, 1.54) is 0 Å². The van der Waals surface area contributed by atoms with Crippen molar-refractivity contribution in [2.24, 2.45) is 5.73 Å². The molecule has 2 rings (SSSR count). The highest BCUT2D eigenvalue weighted by atomic mass is 32.1. The maximum atomic E-state index is 11.0. The van der Waals surface area contributed by atoms with Gasteiger partial charge in [0.2, 0.25) is 0 Å². The minimum Gasteiger partial charge on any atom is -0.351 e. The normalized spacial score (nSPS) is 9.90. The monoisotopic (exact) mass is 299 g/mol. The van der Waals surface area contributed by atoms with Gasteiger partial charge in [0.25, 0.3) is 0 Å². The number of amides is 2. The van der Waals surface area contributed by atoms with Crippen molar-refractivity contribution in [3.63, 3.8) is 0 Å². The van der Waals surface area contributed by atoms with E-state index < -0.39 is 6.03 Å². The van der Waals surface area contributed by atoms with Gasteiger partial charge in [0.15, 0.2) is 5.11 Å². The van der Waals surface area contributed by atoms with Crippen LogP contribution in [0.25, 0.3) is 0 Å². The fourth-order valence-electron chi connectivity index (χ4n) is 1.99. The van der Waals surface area contributed by atoms with Gasteiger partial charge in [-0.25, -0.2) is 4.79 Å². The predicted octanol–water partition coefficient (Wildman–Crippen LogP) is 2.64. The molecule has 0 atom stereocenters. The predicted molar refractivity (Wildman–Crippen MR) is 87.4 cm³/mol. The Labute approximate surface area is 129 Å². The first-order chi connectivity index (χ1) is 10.1. The molecule has 0 aliphatic carbocycles. The molecule has 2 amide bonds. The largest absolute Gasteiger partial charge is 0.351 e. The second-order valence-electron chi connectivity index (χ2n) is 4.62. The number of hydrogen-bond donors (Lipinski definition) is 2. The van der Waals surface area contributed by atoms with Gasteiger partial charge < -0.3 is 10.6 Å². The summed E-state index contributed by atoms with van der Waals surface area (Å²) in [6.45, 7) is 1.21. The maximum Gasteiger partial charge on any atom is 0.318 e. The number of carbonyl (C=O) groups is 1. The van der Waals surface area contributed by atoms with Crippen LogP contribution in [0, 0.1) is 0 Å². The Morgan fingerprint density at radius 1 is 0.952 bits per heavy atom. The van der Waals surface area contributed by atoms with Crippen molar-refractivity contribution in [2.45, 2.75) is 13.1 Å². The molecule has 0 bridgehead atoms. The van der Waals surface area contributed by atoms with Crippen molar-refractivity contribution < 1.29 is 4.79 Å². The first kappa shape index (κ1) is 15.0. The van der Waals surface area contributed by atoms with E-state index in [2.05, 4.69) is 5.32 Å². The van der Waals surface area contributed by atoms with Crippen LogP contribution >= 0.6 is 12.2 Å². The zero-order chi connectivity index (χ0) is 15.1. The molecule has 0 spiro atoms. The quantitative estimate of drug-likeness (QED) is 0.853. The lowest BCUT2D eigenvalue weighted by Gasteiger charge is -2.25. The molecule has 0 heterocycles. The molecule has 0 saturated carbocycles. The Morgan fingerprint density at radius 3 is 1.76 bits per heavy atom. The number of benzene rings is 2. The molecule has 0 aromatic heterocycles. The average molecular weight is 299 g/mol. The third-order valence-corrected chi connectivity index (χ3v) is 3.31. The molecule has 108 valence electrons. The number of nitrogens with two attached hydrogens (primary N) is 1. The number of nitrogens with one attached hydrogen (secondary N) is 1. The standard InChI is InChI=1S/C16H17N3OS/c17-15(20)18-16(21)19(11-13-7-3-1-4-8-13)12-14-9-5-2-6-10-14/h1-10H,11-12H2,(H3,17,18,20,21). The zero-order valence-corrected chi connectivity index (χ0v) is 12.3. The fourth-order valence-corrected chi connectivity index (χ4v) is 2.22. The highest BCUT2D eigenvalue weighted by molar-refractivity contribution is 7.80. The van der Waals surface area contributed by atoms with Gasteiger partial charge in [-0.3, -0.25) is 5.32 Å². The van der Waals surface area contributed by atoms with Gasteiger partial charge in [0, 0.05) is 13.1 Å². The topological polar surface area (TPSA) is 58.4 Å². The SMILES string of the molecule is NC(=O)NC(=S)N(Cc1ccccc1)Cc1ccccc1. The molecule has 0 radical (unpaired) electrons. The molecule has 3 N–H and O–H groups in total. The number of hydrogen-bond acceptors (Lipinski definition) is 2. The summed E-state index contributed by atoms with van der Waals surface area (Å²) < 4.78 is 0. The van der Waals surface area contributed by atoms with Crippen LogP contribution in [-0.4, -0.2) is 16.0 Å². The first-order valence-electron chi connectivity index (χ1n) is 6.58. The molecule has 4 nitrogen and oxygen atoms in total. The minimum atomic E-state index is -0.647. The van der Waals surface area contributed by atoms with Crippen LogP contribution in [0.2, 0.25) is 0 Å². The van der Waals surface area contributed by atoms with E-state index >= 15 is 0 Å². The Bertz CT molecular complexity index is 560. The van der Waals surface area contributed by atoms with E-state index in [0.29, 0.717) is 18.2 Å². The van der Waals surface area contributed by atoms with Crippen molar-refractivity contribution in [1.29, 1.82) is 0 Å². The van der Waals surface area contributed by atoms with Crippen molar-refractivity contribution in [3.05, 3.63) is 71.8 Å². The summed E-state index contributed by atoms with van der Waals surface area (Å²) in [5.41, 5.74) is 7.38. The molecule has 0 aliphatic heterocycles. The summed E-state index contributed by atoms with van der Waals surface area (Å²) in [5, 5.41) is 2.81. The molecule has 0 unspecified atom stereocenters. The first-order valence-corrected chi connectivity index (χ1v) is 6.99. The summed E-state index contributed by atoms with van der Waals surface area (Å²) in [7, 11) is 0. The van der Waals surface area contributed by atoms with Gasteiger partial charge in [-0.15, -0.1) is 0 Å². The van der Waals surface area contributed by atoms with E-state index in [1.807, 2.05) is 65.6 Å². The number of thiocarbonyl (C=S) groups is 1. The molecule has 0 aliphatic rings. The van der Waals surface area contributed by atoms with Crippen molar-refractivity contribution >= 4 is 23.4 Å². The van der Waals surface area contributed by atoms with Gasteiger partial charge in [-0.2, -0.15) is 0 Å². The van der Waals surface area contributed by atoms with Crippen molar-refractivity contribution in [3.8, 4) is 0 Å². The van der Waals surface area contributed by atoms with Crippen LogP contribution in [0.4, 0.5) is 4.79 Å². The summed E-state index contributed by atoms with van der Waals surface area (Å²) in [4.78, 5) is 12.9. The third-order valence-electron chi connectivity index (χ3n) is 2.95. The van der Waals surface area contributed by atoms with Gasteiger partial charge in [0.05, 0.1) is 0 Å².